The Balaban J connectivity index is 2.13. The molecule has 0 bridgehead atoms. The molecule has 0 unspecified atom stereocenters. The molecule has 0 aromatic carbocycles. The average molecular weight is 302 g/mol. The Morgan fingerprint density at radius 2 is 2.09 bits per heavy atom. The maximum atomic E-state index is 12.5. The fraction of sp³-hybridized carbons (Fsp3) is 0.533. The quantitative estimate of drug-likeness (QED) is 0.833. The van der Waals surface area contributed by atoms with Crippen molar-refractivity contribution in [2.75, 3.05) is 31.1 Å². The Morgan fingerprint density at radius 1 is 1.32 bits per heavy atom. The van der Waals surface area contributed by atoms with Gasteiger partial charge in [-0.2, -0.15) is 5.10 Å². The Kier molecular flexibility index (Phi) is 4.24. The summed E-state index contributed by atoms with van der Waals surface area (Å²) in [6, 6.07) is 0. The minimum Gasteiger partial charge on any atom is -0.340 e. The van der Waals surface area contributed by atoms with Crippen LogP contribution < -0.4 is 15.8 Å². The number of aryl methyl sites for hydroxylation is 1. The average Bonchev–Trinajstić information content (AvgIpc) is 2.92. The monoisotopic (exact) mass is 302 g/mol. The Labute approximate surface area is 129 Å². The molecule has 1 aliphatic rings. The van der Waals surface area contributed by atoms with Crippen LogP contribution >= 0.6 is 0 Å². The molecule has 1 saturated heterocycles. The number of hydrogen-bond donors (Lipinski definition) is 1. The van der Waals surface area contributed by atoms with Crippen LogP contribution in [0.4, 0.5) is 5.95 Å². The highest BCUT2D eigenvalue weighted by atomic mass is 16.1. The number of allylic oxidation sites excluding steroid dienone is 2. The number of imidazole rings is 1. The van der Waals surface area contributed by atoms with Crippen molar-refractivity contribution >= 4 is 17.0 Å². The predicted molar refractivity (Wildman–Crippen MR) is 87.3 cm³/mol. The lowest BCUT2D eigenvalue weighted by Crippen LogP contribution is -2.44. The predicted octanol–water partition coefficient (Wildman–Crippen LogP) is 0.506. The second-order valence-corrected chi connectivity index (χ2v) is 5.45. The van der Waals surface area contributed by atoms with Gasteiger partial charge >= 0.3 is 0 Å². The van der Waals surface area contributed by atoms with Gasteiger partial charge in [0.1, 0.15) is 11.0 Å². The largest absolute Gasteiger partial charge is 0.340 e. The van der Waals surface area contributed by atoms with E-state index in [0.717, 1.165) is 38.5 Å². The highest BCUT2D eigenvalue weighted by Crippen LogP contribution is 2.20. The minimum atomic E-state index is -0.101. The number of nitrogens with one attached hydrogen (secondary N) is 1. The van der Waals surface area contributed by atoms with E-state index >= 15 is 0 Å². The van der Waals surface area contributed by atoms with E-state index in [2.05, 4.69) is 39.4 Å². The van der Waals surface area contributed by atoms with Gasteiger partial charge in [0.2, 0.25) is 5.95 Å². The summed E-state index contributed by atoms with van der Waals surface area (Å²) < 4.78 is 3.38. The zero-order valence-corrected chi connectivity index (χ0v) is 13.1. The zero-order valence-electron chi connectivity index (χ0n) is 13.1. The molecule has 0 saturated carbocycles. The number of nitrogens with zero attached hydrogens (tertiary/aromatic N) is 5. The third-order valence-corrected chi connectivity index (χ3v) is 3.91. The van der Waals surface area contributed by atoms with E-state index in [0.29, 0.717) is 17.6 Å². The first-order valence-electron chi connectivity index (χ1n) is 7.75. The number of fused-ring (bicyclic) bond motifs is 1. The lowest BCUT2D eigenvalue weighted by atomic mass is 10.3. The SMILES string of the molecule is CCC=CCn1c(N2CCNCC2)nc2cnn(C)c(=O)c21. The van der Waals surface area contributed by atoms with Gasteiger partial charge in [-0.15, -0.1) is 0 Å². The molecule has 0 amide bonds. The van der Waals surface area contributed by atoms with Crippen LogP contribution in [0.3, 0.4) is 0 Å². The molecule has 2 aromatic rings. The molecule has 0 aliphatic carbocycles. The number of aromatic nitrogens is 4. The molecular weight excluding hydrogens is 280 g/mol. The van der Waals surface area contributed by atoms with Gasteiger partial charge < -0.3 is 14.8 Å². The van der Waals surface area contributed by atoms with Crippen LogP contribution in [0.2, 0.25) is 0 Å². The number of piperazine rings is 1. The van der Waals surface area contributed by atoms with Gasteiger partial charge in [0.25, 0.3) is 5.56 Å². The van der Waals surface area contributed by atoms with Crippen molar-refractivity contribution < 1.29 is 0 Å². The molecule has 3 rings (SSSR count). The van der Waals surface area contributed by atoms with Gasteiger partial charge in [0, 0.05) is 39.8 Å². The van der Waals surface area contributed by atoms with Crippen LogP contribution in [-0.2, 0) is 13.6 Å². The molecule has 2 aromatic heterocycles. The van der Waals surface area contributed by atoms with Gasteiger partial charge in [-0.05, 0) is 6.42 Å². The molecule has 22 heavy (non-hydrogen) atoms. The summed E-state index contributed by atoms with van der Waals surface area (Å²) in [4.78, 5) is 19.4. The van der Waals surface area contributed by atoms with E-state index in [4.69, 9.17) is 0 Å². The second kappa shape index (κ2) is 6.31. The van der Waals surface area contributed by atoms with Crippen molar-refractivity contribution in [3.05, 3.63) is 28.7 Å². The first-order chi connectivity index (χ1) is 10.7. The summed E-state index contributed by atoms with van der Waals surface area (Å²) in [5, 5.41) is 7.42. The molecule has 0 atom stereocenters. The maximum Gasteiger partial charge on any atom is 0.292 e. The van der Waals surface area contributed by atoms with Crippen LogP contribution in [0.1, 0.15) is 13.3 Å². The zero-order chi connectivity index (χ0) is 15.5. The Hall–Kier alpha value is -2.15. The van der Waals surface area contributed by atoms with Crippen molar-refractivity contribution in [3.63, 3.8) is 0 Å². The van der Waals surface area contributed by atoms with Crippen molar-refractivity contribution in [2.24, 2.45) is 7.05 Å². The van der Waals surface area contributed by atoms with Crippen LogP contribution in [0, 0.1) is 0 Å². The molecule has 0 spiro atoms. The summed E-state index contributed by atoms with van der Waals surface area (Å²) in [7, 11) is 1.67. The van der Waals surface area contributed by atoms with E-state index in [9.17, 15) is 4.79 Å². The van der Waals surface area contributed by atoms with Crippen molar-refractivity contribution in [1.82, 2.24) is 24.6 Å². The maximum absolute atomic E-state index is 12.5. The number of anilines is 1. The van der Waals surface area contributed by atoms with E-state index in [1.807, 2.05) is 4.57 Å². The lowest BCUT2D eigenvalue weighted by molar-refractivity contribution is 0.572. The summed E-state index contributed by atoms with van der Waals surface area (Å²) in [6.45, 7) is 6.42. The molecule has 3 heterocycles. The topological polar surface area (TPSA) is 68.0 Å². The molecule has 1 fully saturated rings. The molecule has 7 nitrogen and oxygen atoms in total. The Morgan fingerprint density at radius 3 is 2.82 bits per heavy atom. The normalized spacial score (nSPS) is 16.0. The molecule has 1 N–H and O–H groups in total. The van der Waals surface area contributed by atoms with E-state index in [1.54, 1.807) is 13.2 Å². The Bertz CT molecular complexity index is 738. The number of rotatable bonds is 4. The summed E-state index contributed by atoms with van der Waals surface area (Å²) in [6.07, 6.45) is 6.85. The molecule has 0 radical (unpaired) electrons. The third kappa shape index (κ3) is 2.64. The van der Waals surface area contributed by atoms with Crippen LogP contribution in [0.15, 0.2) is 23.1 Å². The number of hydrogen-bond acceptors (Lipinski definition) is 5. The van der Waals surface area contributed by atoms with Gasteiger partial charge in [-0.3, -0.25) is 4.79 Å². The third-order valence-electron chi connectivity index (χ3n) is 3.91. The first-order valence-corrected chi connectivity index (χ1v) is 7.75. The van der Waals surface area contributed by atoms with E-state index in [-0.39, 0.29) is 5.56 Å². The van der Waals surface area contributed by atoms with Crippen LogP contribution in [0.25, 0.3) is 11.0 Å². The van der Waals surface area contributed by atoms with Gasteiger partial charge in [-0.1, -0.05) is 19.1 Å². The highest BCUT2D eigenvalue weighted by molar-refractivity contribution is 5.77. The van der Waals surface area contributed by atoms with Crippen LogP contribution in [0.5, 0.6) is 0 Å². The first kappa shape index (κ1) is 14.8. The fourth-order valence-electron chi connectivity index (χ4n) is 2.75. The van der Waals surface area contributed by atoms with Gasteiger partial charge in [-0.25, -0.2) is 9.67 Å². The summed E-state index contributed by atoms with van der Waals surface area (Å²) in [5.74, 6) is 0.863. The fourth-order valence-corrected chi connectivity index (χ4v) is 2.75. The smallest absolute Gasteiger partial charge is 0.292 e. The molecule has 1 aliphatic heterocycles. The van der Waals surface area contributed by atoms with Crippen molar-refractivity contribution in [1.29, 1.82) is 0 Å². The standard InChI is InChI=1S/C15H22N6O/c1-3-4-5-8-21-13-12(11-17-19(2)14(13)22)18-15(21)20-9-6-16-7-10-20/h4-5,11,16H,3,6-10H2,1-2H3. The van der Waals surface area contributed by atoms with Crippen molar-refractivity contribution in [3.8, 4) is 0 Å². The van der Waals surface area contributed by atoms with E-state index < -0.39 is 0 Å². The minimum absolute atomic E-state index is 0.101. The molecular formula is C15H22N6O. The molecule has 118 valence electrons. The summed E-state index contributed by atoms with van der Waals surface area (Å²) in [5.41, 5.74) is 1.20. The van der Waals surface area contributed by atoms with Gasteiger partial charge in [0.05, 0.1) is 6.20 Å². The van der Waals surface area contributed by atoms with Crippen LogP contribution in [-0.4, -0.2) is 45.5 Å². The second-order valence-electron chi connectivity index (χ2n) is 5.45. The molecule has 7 heteroatoms. The highest BCUT2D eigenvalue weighted by Gasteiger charge is 2.20. The van der Waals surface area contributed by atoms with Crippen molar-refractivity contribution in [2.45, 2.75) is 19.9 Å². The lowest BCUT2D eigenvalue weighted by Gasteiger charge is -2.28. The van der Waals surface area contributed by atoms with Gasteiger partial charge in [0.15, 0.2) is 0 Å². The van der Waals surface area contributed by atoms with E-state index in [1.165, 1.54) is 4.68 Å². The summed E-state index contributed by atoms with van der Waals surface area (Å²) >= 11 is 0.